The van der Waals surface area contributed by atoms with Gasteiger partial charge in [-0.1, -0.05) is 0 Å². The van der Waals surface area contributed by atoms with E-state index >= 15 is 0 Å². The third kappa shape index (κ3) is 1.89. The third-order valence-corrected chi connectivity index (χ3v) is 4.72. The minimum absolute atomic E-state index is 0.0467. The van der Waals surface area contributed by atoms with Gasteiger partial charge in [-0.3, -0.25) is 0 Å². The van der Waals surface area contributed by atoms with Gasteiger partial charge in [-0.2, -0.15) is 0 Å². The Morgan fingerprint density at radius 3 is 2.64 bits per heavy atom. The van der Waals surface area contributed by atoms with Crippen LogP contribution in [0, 0.1) is 0 Å². The van der Waals surface area contributed by atoms with Crippen molar-refractivity contribution in [2.24, 2.45) is 0 Å². The lowest BCUT2D eigenvalue weighted by molar-refractivity contribution is 0.0267. The Hall–Kier alpha value is 0.1000. The number of hydrogen-bond donors (Lipinski definition) is 1. The number of aliphatic hydroxyl groups is 1. The Balaban J connectivity index is 2.26. The summed E-state index contributed by atoms with van der Waals surface area (Å²) in [4.78, 5) is 1.27. The number of rotatable bonds is 2. The highest BCUT2D eigenvalue weighted by atomic mass is 79.9. The van der Waals surface area contributed by atoms with Gasteiger partial charge in [-0.25, -0.2) is 0 Å². The molecule has 2 nitrogen and oxygen atoms in total. The number of hydrogen-bond acceptors (Lipinski definition) is 3. The van der Waals surface area contributed by atoms with E-state index in [-0.39, 0.29) is 12.0 Å². The minimum Gasteiger partial charge on any atom is -0.395 e. The lowest BCUT2D eigenvalue weighted by Gasteiger charge is -2.34. The lowest BCUT2D eigenvalue weighted by Crippen LogP contribution is -2.36. The van der Waals surface area contributed by atoms with Gasteiger partial charge in [0.2, 0.25) is 0 Å². The summed E-state index contributed by atoms with van der Waals surface area (Å²) in [5.74, 6) is 0. The van der Waals surface area contributed by atoms with Crippen LogP contribution in [0.3, 0.4) is 0 Å². The van der Waals surface area contributed by atoms with Crippen molar-refractivity contribution in [3.63, 3.8) is 0 Å². The van der Waals surface area contributed by atoms with Crippen molar-refractivity contribution in [3.05, 3.63) is 20.8 Å². The first-order valence-corrected chi connectivity index (χ1v) is 6.32. The molecule has 1 N–H and O–H groups in total. The van der Waals surface area contributed by atoms with Gasteiger partial charge in [0.05, 0.1) is 10.4 Å². The zero-order valence-corrected chi connectivity index (χ0v) is 10.2. The van der Waals surface area contributed by atoms with Gasteiger partial charge in [0.15, 0.2) is 0 Å². The van der Waals surface area contributed by atoms with Crippen LogP contribution in [0.25, 0.3) is 0 Å². The first-order chi connectivity index (χ1) is 6.77. The predicted octanol–water partition coefficient (Wildman–Crippen LogP) is 2.55. The summed E-state index contributed by atoms with van der Waals surface area (Å²) in [6.07, 6.45) is 1.85. The fraction of sp³-hybridized carbons (Fsp3) is 0.600. The quantitative estimate of drug-likeness (QED) is 0.900. The molecule has 0 aliphatic carbocycles. The number of aliphatic hydroxyl groups excluding tert-OH is 1. The molecule has 0 unspecified atom stereocenters. The first kappa shape index (κ1) is 10.6. The van der Waals surface area contributed by atoms with Crippen LogP contribution >= 0.6 is 27.3 Å². The molecule has 0 atom stereocenters. The molecule has 78 valence electrons. The highest BCUT2D eigenvalue weighted by Crippen LogP contribution is 2.39. The van der Waals surface area contributed by atoms with Crippen molar-refractivity contribution in [2.45, 2.75) is 18.3 Å². The highest BCUT2D eigenvalue weighted by Gasteiger charge is 2.34. The molecule has 0 radical (unpaired) electrons. The molecule has 0 spiro atoms. The Morgan fingerprint density at radius 2 is 2.14 bits per heavy atom. The smallest absolute Gasteiger partial charge is 0.0701 e. The fourth-order valence-electron chi connectivity index (χ4n) is 1.84. The molecule has 0 saturated carbocycles. The SMILES string of the molecule is OCC1(c2ccc(Br)s2)CCOCC1. The van der Waals surface area contributed by atoms with Crippen LogP contribution in [-0.2, 0) is 10.2 Å². The normalized spacial score (nSPS) is 21.0. The molecular weight excluding hydrogens is 264 g/mol. The van der Waals surface area contributed by atoms with Crippen molar-refractivity contribution in [3.8, 4) is 0 Å². The molecular formula is C10H13BrO2S. The number of halogens is 1. The van der Waals surface area contributed by atoms with Crippen LogP contribution < -0.4 is 0 Å². The Bertz CT molecular complexity index is 305. The minimum atomic E-state index is -0.0467. The van der Waals surface area contributed by atoms with E-state index in [2.05, 4.69) is 22.0 Å². The predicted molar refractivity (Wildman–Crippen MR) is 60.8 cm³/mol. The molecule has 1 aromatic rings. The maximum absolute atomic E-state index is 9.54. The van der Waals surface area contributed by atoms with Crippen molar-refractivity contribution >= 4 is 27.3 Å². The molecule has 0 amide bonds. The summed E-state index contributed by atoms with van der Waals surface area (Å²) in [5.41, 5.74) is -0.0467. The Labute approximate surface area is 96.0 Å². The van der Waals surface area contributed by atoms with Crippen LogP contribution in [-0.4, -0.2) is 24.9 Å². The summed E-state index contributed by atoms with van der Waals surface area (Å²) >= 11 is 5.18. The van der Waals surface area contributed by atoms with Gasteiger partial charge >= 0.3 is 0 Å². The van der Waals surface area contributed by atoms with E-state index in [9.17, 15) is 5.11 Å². The monoisotopic (exact) mass is 276 g/mol. The average Bonchev–Trinajstić information content (AvgIpc) is 2.66. The van der Waals surface area contributed by atoms with Crippen LogP contribution in [0.5, 0.6) is 0 Å². The second-order valence-corrected chi connectivity index (χ2v) is 6.12. The second-order valence-electron chi connectivity index (χ2n) is 3.65. The van der Waals surface area contributed by atoms with Crippen LogP contribution in [0.15, 0.2) is 15.9 Å². The topological polar surface area (TPSA) is 29.5 Å². The summed E-state index contributed by atoms with van der Waals surface area (Å²) in [6.45, 7) is 1.75. The zero-order valence-electron chi connectivity index (χ0n) is 7.83. The molecule has 1 aliphatic rings. The van der Waals surface area contributed by atoms with E-state index in [4.69, 9.17) is 4.74 Å². The van der Waals surface area contributed by atoms with Crippen LogP contribution in [0.4, 0.5) is 0 Å². The largest absolute Gasteiger partial charge is 0.395 e. The molecule has 1 fully saturated rings. The van der Waals surface area contributed by atoms with Crippen molar-refractivity contribution in [2.75, 3.05) is 19.8 Å². The zero-order chi connectivity index (χ0) is 10.0. The Kier molecular flexibility index (Phi) is 3.27. The number of thiophene rings is 1. The summed E-state index contributed by atoms with van der Waals surface area (Å²) < 4.78 is 6.47. The van der Waals surface area contributed by atoms with Crippen molar-refractivity contribution in [1.82, 2.24) is 0 Å². The molecule has 0 aromatic carbocycles. The second kappa shape index (κ2) is 4.31. The van der Waals surface area contributed by atoms with Gasteiger partial charge in [-0.15, -0.1) is 11.3 Å². The standard InChI is InChI=1S/C10H13BrO2S/c11-9-2-1-8(14-9)10(7-12)3-5-13-6-4-10/h1-2,12H,3-7H2. The molecule has 1 aromatic heterocycles. The van der Waals surface area contributed by atoms with E-state index in [1.54, 1.807) is 11.3 Å². The van der Waals surface area contributed by atoms with Gasteiger partial charge in [0, 0.05) is 23.5 Å². The van der Waals surface area contributed by atoms with Crippen LogP contribution in [0.1, 0.15) is 17.7 Å². The van der Waals surface area contributed by atoms with E-state index in [0.29, 0.717) is 0 Å². The molecule has 1 saturated heterocycles. The van der Waals surface area contributed by atoms with Crippen molar-refractivity contribution in [1.29, 1.82) is 0 Å². The van der Waals surface area contributed by atoms with Crippen molar-refractivity contribution < 1.29 is 9.84 Å². The number of ether oxygens (including phenoxy) is 1. The maximum atomic E-state index is 9.54. The molecule has 2 heterocycles. The van der Waals surface area contributed by atoms with E-state index < -0.39 is 0 Å². The maximum Gasteiger partial charge on any atom is 0.0701 e. The molecule has 4 heteroatoms. The van der Waals surface area contributed by atoms with E-state index in [1.165, 1.54) is 4.88 Å². The summed E-state index contributed by atoms with van der Waals surface area (Å²) in [7, 11) is 0. The molecule has 0 bridgehead atoms. The molecule has 14 heavy (non-hydrogen) atoms. The first-order valence-electron chi connectivity index (χ1n) is 4.71. The molecule has 2 rings (SSSR count). The Morgan fingerprint density at radius 1 is 1.43 bits per heavy atom. The van der Waals surface area contributed by atoms with Gasteiger partial charge in [0.1, 0.15) is 0 Å². The fourth-order valence-corrected chi connectivity index (χ4v) is 3.47. The van der Waals surface area contributed by atoms with Gasteiger partial charge < -0.3 is 9.84 Å². The van der Waals surface area contributed by atoms with Gasteiger partial charge in [0.25, 0.3) is 0 Å². The summed E-state index contributed by atoms with van der Waals surface area (Å²) in [5, 5.41) is 9.54. The highest BCUT2D eigenvalue weighted by molar-refractivity contribution is 9.11. The third-order valence-electron chi connectivity index (χ3n) is 2.85. The molecule has 1 aliphatic heterocycles. The lowest BCUT2D eigenvalue weighted by atomic mass is 9.80. The van der Waals surface area contributed by atoms with E-state index in [1.807, 2.05) is 6.07 Å². The van der Waals surface area contributed by atoms with E-state index in [0.717, 1.165) is 29.8 Å². The van der Waals surface area contributed by atoms with Crippen LogP contribution in [0.2, 0.25) is 0 Å². The summed E-state index contributed by atoms with van der Waals surface area (Å²) in [6, 6.07) is 4.16. The van der Waals surface area contributed by atoms with Gasteiger partial charge in [-0.05, 0) is 40.9 Å². The average molecular weight is 277 g/mol.